The lowest BCUT2D eigenvalue weighted by Gasteiger charge is -2.37. The zero-order valence-electron chi connectivity index (χ0n) is 14.5. The van der Waals surface area contributed by atoms with Crippen LogP contribution in [-0.2, 0) is 14.4 Å². The Hall–Kier alpha value is -2.03. The van der Waals surface area contributed by atoms with Crippen LogP contribution in [0.2, 0.25) is 0 Å². The number of anilines is 1. The van der Waals surface area contributed by atoms with E-state index in [2.05, 4.69) is 10.5 Å². The van der Waals surface area contributed by atoms with Gasteiger partial charge < -0.3 is 19.8 Å². The third-order valence-corrected chi connectivity index (χ3v) is 5.46. The van der Waals surface area contributed by atoms with E-state index >= 15 is 0 Å². The first-order chi connectivity index (χ1) is 11.8. The normalized spacial score (nSPS) is 21.6. The Balaban J connectivity index is 1.84. The molecule has 8 nitrogen and oxygen atoms in total. The summed E-state index contributed by atoms with van der Waals surface area (Å²) >= 11 is 1.21. The molecule has 1 aromatic heterocycles. The molecular weight excluding hydrogens is 346 g/mol. The van der Waals surface area contributed by atoms with E-state index in [1.165, 1.54) is 11.8 Å². The minimum atomic E-state index is -0.867. The zero-order chi connectivity index (χ0) is 18.6. The average molecular weight is 369 g/mol. The van der Waals surface area contributed by atoms with Gasteiger partial charge in [-0.25, -0.2) is 0 Å². The van der Waals surface area contributed by atoms with E-state index in [1.807, 2.05) is 0 Å². The van der Waals surface area contributed by atoms with E-state index in [0.717, 1.165) is 0 Å². The third kappa shape index (κ3) is 4.97. The number of carboxylic acids is 1. The molecule has 0 radical (unpaired) electrons. The van der Waals surface area contributed by atoms with Crippen LogP contribution in [0.5, 0.6) is 0 Å². The minimum absolute atomic E-state index is 0.128. The molecule has 1 unspecified atom stereocenters. The summed E-state index contributed by atoms with van der Waals surface area (Å²) in [5.41, 5.74) is 0. The number of carbonyl (C=O) groups is 3. The number of carbonyl (C=O) groups excluding carboxylic acids is 2. The molecule has 25 heavy (non-hydrogen) atoms. The Morgan fingerprint density at radius 1 is 1.52 bits per heavy atom. The Kier molecular flexibility index (Phi) is 6.46. The van der Waals surface area contributed by atoms with Crippen molar-refractivity contribution in [2.24, 2.45) is 5.92 Å². The molecule has 2 amide bonds. The van der Waals surface area contributed by atoms with Gasteiger partial charge in [0, 0.05) is 18.7 Å². The van der Waals surface area contributed by atoms with Crippen molar-refractivity contribution in [3.8, 4) is 0 Å². The molecule has 1 aliphatic rings. The number of nitrogens with one attached hydrogen (secondary N) is 1. The number of thioether (sulfide) groups is 1. The summed E-state index contributed by atoms with van der Waals surface area (Å²) in [7, 11) is 0. The second-order valence-electron chi connectivity index (χ2n) is 6.18. The molecule has 0 saturated carbocycles. The van der Waals surface area contributed by atoms with Crippen LogP contribution in [-0.4, -0.2) is 56.5 Å². The standard InChI is InChI=1S/C16H23N3O5S/c1-9-7-13(18-24-9)17-15(21)11(3)25-8-14(20)19-6-4-5-12(10(19)2)16(22)23/h7,10-12H,4-6,8H2,1-3H3,(H,22,23)(H,17,18,21)/t10-,11?,12-/m0/s1. The lowest BCUT2D eigenvalue weighted by molar-refractivity contribution is -0.148. The average Bonchev–Trinajstić information content (AvgIpc) is 2.97. The lowest BCUT2D eigenvalue weighted by Crippen LogP contribution is -2.49. The fourth-order valence-corrected chi connectivity index (χ4v) is 3.60. The fraction of sp³-hybridized carbons (Fsp3) is 0.625. The van der Waals surface area contributed by atoms with Gasteiger partial charge in [0.05, 0.1) is 16.9 Å². The van der Waals surface area contributed by atoms with Crippen LogP contribution < -0.4 is 5.32 Å². The van der Waals surface area contributed by atoms with Crippen molar-refractivity contribution in [1.29, 1.82) is 0 Å². The highest BCUT2D eigenvalue weighted by molar-refractivity contribution is 8.01. The quantitative estimate of drug-likeness (QED) is 0.785. The predicted molar refractivity (Wildman–Crippen MR) is 93.3 cm³/mol. The van der Waals surface area contributed by atoms with Gasteiger partial charge in [0.2, 0.25) is 11.8 Å². The molecule has 1 saturated heterocycles. The maximum absolute atomic E-state index is 12.4. The smallest absolute Gasteiger partial charge is 0.308 e. The number of aromatic nitrogens is 1. The number of likely N-dealkylation sites (tertiary alicyclic amines) is 1. The summed E-state index contributed by atoms with van der Waals surface area (Å²) in [4.78, 5) is 37.4. The van der Waals surface area contributed by atoms with Crippen LogP contribution in [0.1, 0.15) is 32.4 Å². The Morgan fingerprint density at radius 3 is 2.84 bits per heavy atom. The number of rotatable bonds is 6. The number of carboxylic acid groups (broad SMARTS) is 1. The van der Waals surface area contributed by atoms with Gasteiger partial charge in [0.1, 0.15) is 5.76 Å². The third-order valence-electron chi connectivity index (χ3n) is 4.33. The number of nitrogens with zero attached hydrogens (tertiary/aromatic N) is 2. The molecule has 9 heteroatoms. The van der Waals surface area contributed by atoms with Crippen molar-refractivity contribution in [1.82, 2.24) is 10.1 Å². The molecule has 0 bridgehead atoms. The first-order valence-corrected chi connectivity index (χ1v) is 9.22. The van der Waals surface area contributed by atoms with E-state index in [9.17, 15) is 19.5 Å². The molecule has 0 spiro atoms. The Morgan fingerprint density at radius 2 is 2.24 bits per heavy atom. The van der Waals surface area contributed by atoms with E-state index in [0.29, 0.717) is 31.0 Å². The number of hydrogen-bond donors (Lipinski definition) is 2. The van der Waals surface area contributed by atoms with Crippen molar-refractivity contribution in [3.63, 3.8) is 0 Å². The van der Waals surface area contributed by atoms with Crippen molar-refractivity contribution in [2.75, 3.05) is 17.6 Å². The van der Waals surface area contributed by atoms with Gasteiger partial charge in [0.25, 0.3) is 0 Å². The van der Waals surface area contributed by atoms with Crippen LogP contribution in [0.3, 0.4) is 0 Å². The molecule has 0 aliphatic carbocycles. The second-order valence-corrected chi connectivity index (χ2v) is 7.51. The van der Waals surface area contributed by atoms with Crippen LogP contribution in [0.15, 0.2) is 10.6 Å². The summed E-state index contributed by atoms with van der Waals surface area (Å²) in [6.07, 6.45) is 1.27. The number of amides is 2. The van der Waals surface area contributed by atoms with E-state index in [1.54, 1.807) is 31.7 Å². The SMILES string of the molecule is Cc1cc(NC(=O)C(C)SCC(=O)N2CCC[C@H](C(=O)O)[C@@H]2C)no1. The summed E-state index contributed by atoms with van der Waals surface area (Å²) in [5.74, 6) is -0.731. The summed E-state index contributed by atoms with van der Waals surface area (Å²) in [5, 5.41) is 15.1. The van der Waals surface area contributed by atoms with E-state index in [4.69, 9.17) is 4.52 Å². The van der Waals surface area contributed by atoms with Gasteiger partial charge in [-0.15, -0.1) is 11.8 Å². The number of aliphatic carboxylic acids is 1. The molecule has 3 atom stereocenters. The highest BCUT2D eigenvalue weighted by atomic mass is 32.2. The van der Waals surface area contributed by atoms with Crippen molar-refractivity contribution in [2.45, 2.75) is 44.9 Å². The topological polar surface area (TPSA) is 113 Å². The number of piperidine rings is 1. The van der Waals surface area contributed by atoms with Gasteiger partial charge in [-0.3, -0.25) is 14.4 Å². The summed E-state index contributed by atoms with van der Waals surface area (Å²) in [6.45, 7) is 5.76. The first kappa shape index (κ1) is 19.3. The summed E-state index contributed by atoms with van der Waals surface area (Å²) in [6, 6.07) is 1.28. The van der Waals surface area contributed by atoms with Crippen LogP contribution in [0, 0.1) is 12.8 Å². The number of aryl methyl sites for hydroxylation is 1. The largest absolute Gasteiger partial charge is 0.481 e. The Bertz CT molecular complexity index is 647. The van der Waals surface area contributed by atoms with Gasteiger partial charge in [-0.05, 0) is 33.6 Å². The first-order valence-electron chi connectivity index (χ1n) is 8.17. The molecule has 1 fully saturated rings. The van der Waals surface area contributed by atoms with Crippen LogP contribution in [0.25, 0.3) is 0 Å². The highest BCUT2D eigenvalue weighted by Crippen LogP contribution is 2.25. The van der Waals surface area contributed by atoms with Crippen LogP contribution in [0.4, 0.5) is 5.82 Å². The van der Waals surface area contributed by atoms with Gasteiger partial charge in [-0.2, -0.15) is 0 Å². The molecule has 2 heterocycles. The molecule has 0 aromatic carbocycles. The molecule has 138 valence electrons. The monoisotopic (exact) mass is 369 g/mol. The van der Waals surface area contributed by atoms with Gasteiger partial charge >= 0.3 is 5.97 Å². The maximum atomic E-state index is 12.4. The van der Waals surface area contributed by atoms with E-state index < -0.39 is 17.1 Å². The second kappa shape index (κ2) is 8.37. The number of hydrogen-bond acceptors (Lipinski definition) is 6. The lowest BCUT2D eigenvalue weighted by atomic mass is 9.90. The van der Waals surface area contributed by atoms with Crippen molar-refractivity contribution < 1.29 is 24.0 Å². The molecule has 2 N–H and O–H groups in total. The minimum Gasteiger partial charge on any atom is -0.481 e. The van der Waals surface area contributed by atoms with Crippen molar-refractivity contribution >= 4 is 35.4 Å². The predicted octanol–water partition coefficient (Wildman–Crippen LogP) is 1.75. The molecular formula is C16H23N3O5S. The summed E-state index contributed by atoms with van der Waals surface area (Å²) < 4.78 is 4.88. The fourth-order valence-electron chi connectivity index (χ4n) is 2.83. The highest BCUT2D eigenvalue weighted by Gasteiger charge is 2.35. The van der Waals surface area contributed by atoms with Crippen molar-refractivity contribution in [3.05, 3.63) is 11.8 Å². The Labute approximate surface area is 150 Å². The van der Waals surface area contributed by atoms with Gasteiger partial charge in [-0.1, -0.05) is 5.16 Å². The van der Waals surface area contributed by atoms with E-state index in [-0.39, 0.29) is 23.6 Å². The molecule has 1 aliphatic heterocycles. The van der Waals surface area contributed by atoms with Gasteiger partial charge in [0.15, 0.2) is 5.82 Å². The maximum Gasteiger partial charge on any atom is 0.308 e. The molecule has 1 aromatic rings. The molecule has 2 rings (SSSR count). The zero-order valence-corrected chi connectivity index (χ0v) is 15.3. The van der Waals surface area contributed by atoms with Crippen LogP contribution >= 0.6 is 11.8 Å².